The van der Waals surface area contributed by atoms with Crippen molar-refractivity contribution < 1.29 is 19.4 Å². The molecule has 1 aliphatic rings. The minimum atomic E-state index is -0.782. The summed E-state index contributed by atoms with van der Waals surface area (Å²) in [5.74, 6) is -0.436. The zero-order valence-corrected chi connectivity index (χ0v) is 12.6. The lowest BCUT2D eigenvalue weighted by Crippen LogP contribution is -2.51. The molecule has 1 fully saturated rings. The molecule has 5 nitrogen and oxygen atoms in total. The molecule has 1 aromatic rings. The van der Waals surface area contributed by atoms with E-state index in [0.717, 1.165) is 11.3 Å². The Kier molecular flexibility index (Phi) is 4.21. The number of carboxylic acids is 1. The molecule has 0 heterocycles. The Labute approximate surface area is 124 Å². The minimum absolute atomic E-state index is 0.0314. The van der Waals surface area contributed by atoms with E-state index in [1.54, 1.807) is 7.11 Å². The molecule has 5 heteroatoms. The Morgan fingerprint density at radius 1 is 1.24 bits per heavy atom. The lowest BCUT2D eigenvalue weighted by Gasteiger charge is -2.35. The van der Waals surface area contributed by atoms with E-state index < -0.39 is 11.4 Å². The van der Waals surface area contributed by atoms with Crippen LogP contribution >= 0.6 is 0 Å². The monoisotopic (exact) mass is 291 g/mol. The number of methoxy groups -OCH3 is 1. The van der Waals surface area contributed by atoms with Crippen molar-refractivity contribution in [1.82, 2.24) is 5.32 Å². The summed E-state index contributed by atoms with van der Waals surface area (Å²) in [5.41, 5.74) is 0.232. The van der Waals surface area contributed by atoms with Gasteiger partial charge in [-0.25, -0.2) is 0 Å². The van der Waals surface area contributed by atoms with Crippen LogP contribution in [0.15, 0.2) is 24.3 Å². The van der Waals surface area contributed by atoms with Crippen molar-refractivity contribution in [3.8, 4) is 5.75 Å². The predicted octanol–water partition coefficient (Wildman–Crippen LogP) is 1.95. The van der Waals surface area contributed by atoms with Crippen LogP contribution in [0.1, 0.15) is 32.3 Å². The van der Waals surface area contributed by atoms with Gasteiger partial charge in [0.2, 0.25) is 5.91 Å². The van der Waals surface area contributed by atoms with Crippen LogP contribution in [0.25, 0.3) is 0 Å². The van der Waals surface area contributed by atoms with Gasteiger partial charge in [-0.05, 0) is 44.4 Å². The van der Waals surface area contributed by atoms with Gasteiger partial charge in [0.15, 0.2) is 0 Å². The summed E-state index contributed by atoms with van der Waals surface area (Å²) in [6, 6.07) is 7.37. The first kappa shape index (κ1) is 15.4. The molecule has 1 saturated carbocycles. The van der Waals surface area contributed by atoms with Crippen LogP contribution in [0.4, 0.5) is 0 Å². The van der Waals surface area contributed by atoms with Crippen LogP contribution in [0.5, 0.6) is 5.75 Å². The van der Waals surface area contributed by atoms with Gasteiger partial charge in [-0.3, -0.25) is 9.59 Å². The van der Waals surface area contributed by atoms with E-state index >= 15 is 0 Å². The standard InChI is InChI=1S/C16H21NO4/c1-16(2,11-4-6-13(21-3)7-5-11)15(20)17-12-8-10(9-12)14(18)19/h4-7,10,12H,8-9H2,1-3H3,(H,17,20)(H,18,19). The second-order valence-electron chi connectivity index (χ2n) is 6.03. The number of amides is 1. The third-order valence-electron chi connectivity index (χ3n) is 4.20. The first-order valence-electron chi connectivity index (χ1n) is 7.03. The number of carbonyl (C=O) groups is 2. The van der Waals surface area contributed by atoms with Crippen molar-refractivity contribution in [3.63, 3.8) is 0 Å². The summed E-state index contributed by atoms with van der Waals surface area (Å²) in [5, 5.41) is 11.8. The van der Waals surface area contributed by atoms with Gasteiger partial charge >= 0.3 is 5.97 Å². The molecule has 0 atom stereocenters. The van der Waals surface area contributed by atoms with Gasteiger partial charge in [0.1, 0.15) is 5.75 Å². The van der Waals surface area contributed by atoms with E-state index in [-0.39, 0.29) is 17.9 Å². The van der Waals surface area contributed by atoms with Gasteiger partial charge in [0, 0.05) is 6.04 Å². The fourth-order valence-corrected chi connectivity index (χ4v) is 2.44. The summed E-state index contributed by atoms with van der Waals surface area (Å²) in [4.78, 5) is 23.2. The molecular weight excluding hydrogens is 270 g/mol. The Morgan fingerprint density at radius 3 is 2.29 bits per heavy atom. The van der Waals surface area contributed by atoms with Gasteiger partial charge < -0.3 is 15.2 Å². The number of ether oxygens (including phenoxy) is 1. The van der Waals surface area contributed by atoms with Gasteiger partial charge in [-0.1, -0.05) is 12.1 Å². The molecule has 21 heavy (non-hydrogen) atoms. The molecule has 0 aliphatic heterocycles. The third-order valence-corrected chi connectivity index (χ3v) is 4.20. The highest BCUT2D eigenvalue weighted by Crippen LogP contribution is 2.30. The molecule has 1 amide bonds. The van der Waals surface area contributed by atoms with Gasteiger partial charge in [-0.2, -0.15) is 0 Å². The highest BCUT2D eigenvalue weighted by atomic mass is 16.5. The number of rotatable bonds is 5. The van der Waals surface area contributed by atoms with E-state index in [1.165, 1.54) is 0 Å². The SMILES string of the molecule is COc1ccc(C(C)(C)C(=O)NC2CC(C(=O)O)C2)cc1. The number of hydrogen-bond donors (Lipinski definition) is 2. The van der Waals surface area contributed by atoms with Crippen LogP contribution in [-0.4, -0.2) is 30.1 Å². The topological polar surface area (TPSA) is 75.6 Å². The number of carbonyl (C=O) groups excluding carboxylic acids is 1. The van der Waals surface area contributed by atoms with Crippen LogP contribution in [0.3, 0.4) is 0 Å². The number of carboxylic acid groups (broad SMARTS) is 1. The van der Waals surface area contributed by atoms with Crippen LogP contribution < -0.4 is 10.1 Å². The van der Waals surface area contributed by atoms with Crippen molar-refractivity contribution in [3.05, 3.63) is 29.8 Å². The Bertz CT molecular complexity index is 530. The molecule has 0 spiro atoms. The maximum Gasteiger partial charge on any atom is 0.306 e. The second kappa shape index (κ2) is 5.76. The first-order valence-corrected chi connectivity index (χ1v) is 7.03. The third kappa shape index (κ3) is 3.17. The highest BCUT2D eigenvalue weighted by molar-refractivity contribution is 5.88. The number of hydrogen-bond acceptors (Lipinski definition) is 3. The number of nitrogens with one attached hydrogen (secondary N) is 1. The summed E-state index contributed by atoms with van der Waals surface area (Å²) in [7, 11) is 1.60. The number of aliphatic carboxylic acids is 1. The average molecular weight is 291 g/mol. The first-order chi connectivity index (χ1) is 9.84. The second-order valence-corrected chi connectivity index (χ2v) is 6.03. The molecule has 1 aromatic carbocycles. The molecule has 0 radical (unpaired) electrons. The molecule has 1 aliphatic carbocycles. The van der Waals surface area contributed by atoms with Crippen molar-refractivity contribution in [2.75, 3.05) is 7.11 Å². The molecule has 0 bridgehead atoms. The van der Waals surface area contributed by atoms with Crippen molar-refractivity contribution in [2.45, 2.75) is 38.1 Å². The average Bonchev–Trinajstić information content (AvgIpc) is 2.41. The predicted molar refractivity (Wildman–Crippen MR) is 78.3 cm³/mol. The Balaban J connectivity index is 1.98. The van der Waals surface area contributed by atoms with Gasteiger partial charge in [0.05, 0.1) is 18.4 Å². The van der Waals surface area contributed by atoms with Gasteiger partial charge in [0.25, 0.3) is 0 Å². The van der Waals surface area contributed by atoms with Gasteiger partial charge in [-0.15, -0.1) is 0 Å². The zero-order valence-electron chi connectivity index (χ0n) is 12.6. The van der Waals surface area contributed by atoms with E-state index in [4.69, 9.17) is 9.84 Å². The lowest BCUT2D eigenvalue weighted by molar-refractivity contribution is -0.146. The van der Waals surface area contributed by atoms with Crippen LogP contribution in [-0.2, 0) is 15.0 Å². The van der Waals surface area contributed by atoms with Crippen molar-refractivity contribution in [2.24, 2.45) is 5.92 Å². The van der Waals surface area contributed by atoms with Crippen molar-refractivity contribution >= 4 is 11.9 Å². The molecule has 2 N–H and O–H groups in total. The molecule has 114 valence electrons. The lowest BCUT2D eigenvalue weighted by atomic mass is 9.78. The molecule has 0 unspecified atom stereocenters. The Morgan fingerprint density at radius 2 is 1.81 bits per heavy atom. The zero-order chi connectivity index (χ0) is 15.6. The minimum Gasteiger partial charge on any atom is -0.497 e. The van der Waals surface area contributed by atoms with E-state index in [1.807, 2.05) is 38.1 Å². The summed E-state index contributed by atoms with van der Waals surface area (Å²) in [6.07, 6.45) is 1.03. The van der Waals surface area contributed by atoms with E-state index in [9.17, 15) is 9.59 Å². The fraction of sp³-hybridized carbons (Fsp3) is 0.500. The van der Waals surface area contributed by atoms with Crippen molar-refractivity contribution in [1.29, 1.82) is 0 Å². The van der Waals surface area contributed by atoms with E-state index in [2.05, 4.69) is 5.32 Å². The largest absolute Gasteiger partial charge is 0.497 e. The maximum absolute atomic E-state index is 12.4. The fourth-order valence-electron chi connectivity index (χ4n) is 2.44. The summed E-state index contributed by atoms with van der Waals surface area (Å²) in [6.45, 7) is 3.72. The normalized spacial score (nSPS) is 21.3. The molecule has 0 saturated heterocycles. The summed E-state index contributed by atoms with van der Waals surface area (Å²) >= 11 is 0. The van der Waals surface area contributed by atoms with E-state index in [0.29, 0.717) is 12.8 Å². The maximum atomic E-state index is 12.4. The number of benzene rings is 1. The van der Waals surface area contributed by atoms with Crippen LogP contribution in [0.2, 0.25) is 0 Å². The van der Waals surface area contributed by atoms with Crippen LogP contribution in [0, 0.1) is 5.92 Å². The quantitative estimate of drug-likeness (QED) is 0.869. The Hall–Kier alpha value is -2.04. The highest BCUT2D eigenvalue weighted by Gasteiger charge is 2.38. The molecular formula is C16H21NO4. The molecule has 2 rings (SSSR count). The smallest absolute Gasteiger partial charge is 0.306 e. The summed E-state index contributed by atoms with van der Waals surface area (Å²) < 4.78 is 5.11. The molecule has 0 aromatic heterocycles.